The molecule has 0 unspecified atom stereocenters. The minimum Gasteiger partial charge on any atom is -0.345 e. The normalized spacial score (nSPS) is 9.85. The Hall–Kier alpha value is -0.540. The summed E-state index contributed by atoms with van der Waals surface area (Å²) in [6.07, 6.45) is 0. The molecular formula is C9H9BrClNO. The lowest BCUT2D eigenvalue weighted by Gasteiger charge is -2.10. The predicted molar refractivity (Wildman–Crippen MR) is 57.2 cm³/mol. The minimum absolute atomic E-state index is 0.0526. The average molecular weight is 263 g/mol. The fourth-order valence-corrected chi connectivity index (χ4v) is 1.80. The number of nitrogens with zero attached hydrogens (tertiary/aromatic N) is 1. The first-order valence-electron chi connectivity index (χ1n) is 3.68. The molecule has 0 spiro atoms. The highest BCUT2D eigenvalue weighted by atomic mass is 79.9. The monoisotopic (exact) mass is 261 g/mol. The van der Waals surface area contributed by atoms with E-state index in [0.29, 0.717) is 10.6 Å². The van der Waals surface area contributed by atoms with Gasteiger partial charge in [-0.1, -0.05) is 27.5 Å². The summed E-state index contributed by atoms with van der Waals surface area (Å²) >= 11 is 9.07. The van der Waals surface area contributed by atoms with E-state index >= 15 is 0 Å². The van der Waals surface area contributed by atoms with Crippen molar-refractivity contribution in [2.24, 2.45) is 0 Å². The highest BCUT2D eigenvalue weighted by molar-refractivity contribution is 9.10. The molecule has 2 nitrogen and oxygen atoms in total. The average Bonchev–Trinajstić information content (AvgIpc) is 2.01. The summed E-state index contributed by atoms with van der Waals surface area (Å²) in [5, 5.41) is 0.555. The van der Waals surface area contributed by atoms with E-state index in [0.717, 1.165) is 4.47 Å². The first-order chi connectivity index (χ1) is 6.00. The van der Waals surface area contributed by atoms with Gasteiger partial charge in [0.25, 0.3) is 5.91 Å². The van der Waals surface area contributed by atoms with Crippen molar-refractivity contribution in [2.75, 3.05) is 14.1 Å². The van der Waals surface area contributed by atoms with Crippen molar-refractivity contribution >= 4 is 33.4 Å². The van der Waals surface area contributed by atoms with Crippen LogP contribution in [-0.2, 0) is 0 Å². The van der Waals surface area contributed by atoms with Crippen LogP contribution in [0.5, 0.6) is 0 Å². The molecule has 1 amide bonds. The quantitative estimate of drug-likeness (QED) is 0.762. The number of amides is 1. The van der Waals surface area contributed by atoms with Crippen LogP contribution in [0.4, 0.5) is 0 Å². The molecule has 0 aromatic heterocycles. The van der Waals surface area contributed by atoms with Crippen LogP contribution in [0.25, 0.3) is 0 Å². The van der Waals surface area contributed by atoms with Gasteiger partial charge in [-0.3, -0.25) is 4.79 Å². The van der Waals surface area contributed by atoms with Gasteiger partial charge in [0.05, 0.1) is 0 Å². The van der Waals surface area contributed by atoms with E-state index in [4.69, 9.17) is 11.6 Å². The maximum Gasteiger partial charge on any atom is 0.253 e. The second kappa shape index (κ2) is 4.11. The Balaban J connectivity index is 3.08. The summed E-state index contributed by atoms with van der Waals surface area (Å²) in [4.78, 5) is 13.0. The highest BCUT2D eigenvalue weighted by Gasteiger charge is 2.08. The van der Waals surface area contributed by atoms with E-state index in [-0.39, 0.29) is 5.91 Å². The predicted octanol–water partition coefficient (Wildman–Crippen LogP) is 2.80. The van der Waals surface area contributed by atoms with Crippen LogP contribution < -0.4 is 0 Å². The van der Waals surface area contributed by atoms with Crippen LogP contribution in [0.1, 0.15) is 10.4 Å². The molecule has 0 heterocycles. The maximum atomic E-state index is 11.5. The summed E-state index contributed by atoms with van der Waals surface area (Å²) in [6, 6.07) is 5.14. The Morgan fingerprint density at radius 2 is 2.00 bits per heavy atom. The number of carbonyl (C=O) groups is 1. The molecule has 1 aromatic rings. The van der Waals surface area contributed by atoms with Gasteiger partial charge in [-0.25, -0.2) is 0 Å². The SMILES string of the molecule is CN(C)C(=O)c1cc(Cl)cc(Br)c1. The van der Waals surface area contributed by atoms with Crippen molar-refractivity contribution in [1.82, 2.24) is 4.90 Å². The lowest BCUT2D eigenvalue weighted by atomic mass is 10.2. The second-order valence-electron chi connectivity index (χ2n) is 2.86. The number of rotatable bonds is 1. The first kappa shape index (κ1) is 10.5. The first-order valence-corrected chi connectivity index (χ1v) is 4.85. The van der Waals surface area contributed by atoms with Gasteiger partial charge < -0.3 is 4.90 Å². The third-order valence-corrected chi connectivity index (χ3v) is 2.19. The molecule has 0 atom stereocenters. The number of benzene rings is 1. The Morgan fingerprint density at radius 1 is 1.38 bits per heavy atom. The Morgan fingerprint density at radius 3 is 2.46 bits per heavy atom. The van der Waals surface area contributed by atoms with Crippen LogP contribution in [0.15, 0.2) is 22.7 Å². The topological polar surface area (TPSA) is 20.3 Å². The van der Waals surface area contributed by atoms with Crippen molar-refractivity contribution in [3.05, 3.63) is 33.3 Å². The van der Waals surface area contributed by atoms with Gasteiger partial charge in [0, 0.05) is 29.2 Å². The zero-order chi connectivity index (χ0) is 10.0. The van der Waals surface area contributed by atoms with Gasteiger partial charge >= 0.3 is 0 Å². The molecule has 0 saturated carbocycles. The molecule has 0 aliphatic heterocycles. The van der Waals surface area contributed by atoms with Gasteiger partial charge in [0.15, 0.2) is 0 Å². The third-order valence-electron chi connectivity index (χ3n) is 1.52. The number of hydrogen-bond acceptors (Lipinski definition) is 1. The molecular weight excluding hydrogens is 253 g/mol. The Labute approximate surface area is 90.6 Å². The van der Waals surface area contributed by atoms with Gasteiger partial charge in [0.2, 0.25) is 0 Å². The van der Waals surface area contributed by atoms with Gasteiger partial charge in [-0.2, -0.15) is 0 Å². The van der Waals surface area contributed by atoms with Crippen molar-refractivity contribution in [1.29, 1.82) is 0 Å². The molecule has 1 rings (SSSR count). The number of hydrogen-bond donors (Lipinski definition) is 0. The molecule has 0 aliphatic carbocycles. The van der Waals surface area contributed by atoms with Gasteiger partial charge in [-0.15, -0.1) is 0 Å². The van der Waals surface area contributed by atoms with Crippen molar-refractivity contribution in [3.63, 3.8) is 0 Å². The summed E-state index contributed by atoms with van der Waals surface area (Å²) in [5.41, 5.74) is 0.587. The lowest BCUT2D eigenvalue weighted by Crippen LogP contribution is -2.21. The van der Waals surface area contributed by atoms with Gasteiger partial charge in [0.1, 0.15) is 0 Å². The van der Waals surface area contributed by atoms with Crippen LogP contribution >= 0.6 is 27.5 Å². The second-order valence-corrected chi connectivity index (χ2v) is 4.21. The molecule has 4 heteroatoms. The van der Waals surface area contributed by atoms with Crippen LogP contribution in [0, 0.1) is 0 Å². The minimum atomic E-state index is -0.0526. The number of halogens is 2. The van der Waals surface area contributed by atoms with E-state index in [1.54, 1.807) is 32.3 Å². The molecule has 0 N–H and O–H groups in total. The molecule has 70 valence electrons. The molecule has 1 aromatic carbocycles. The molecule has 13 heavy (non-hydrogen) atoms. The van der Waals surface area contributed by atoms with E-state index in [2.05, 4.69) is 15.9 Å². The van der Waals surface area contributed by atoms with E-state index in [1.807, 2.05) is 0 Å². The number of carbonyl (C=O) groups excluding carboxylic acids is 1. The fourth-order valence-electron chi connectivity index (χ4n) is 0.936. The molecule has 0 radical (unpaired) electrons. The maximum absolute atomic E-state index is 11.5. The summed E-state index contributed by atoms with van der Waals surface area (Å²) in [7, 11) is 3.41. The standard InChI is InChI=1S/C9H9BrClNO/c1-12(2)9(13)6-3-7(10)5-8(11)4-6/h3-5H,1-2H3. The highest BCUT2D eigenvalue weighted by Crippen LogP contribution is 2.20. The largest absolute Gasteiger partial charge is 0.345 e. The molecule has 0 saturated heterocycles. The molecule has 0 aliphatic rings. The summed E-state index contributed by atoms with van der Waals surface area (Å²) < 4.78 is 0.810. The smallest absolute Gasteiger partial charge is 0.253 e. The Kier molecular flexibility index (Phi) is 3.33. The van der Waals surface area contributed by atoms with Crippen molar-refractivity contribution < 1.29 is 4.79 Å². The zero-order valence-electron chi connectivity index (χ0n) is 7.34. The third kappa shape index (κ3) is 2.71. The van der Waals surface area contributed by atoms with Crippen LogP contribution in [0.2, 0.25) is 5.02 Å². The fraction of sp³-hybridized carbons (Fsp3) is 0.222. The van der Waals surface area contributed by atoms with Crippen molar-refractivity contribution in [3.8, 4) is 0 Å². The summed E-state index contributed by atoms with van der Waals surface area (Å²) in [5.74, 6) is -0.0526. The van der Waals surface area contributed by atoms with E-state index < -0.39 is 0 Å². The molecule has 0 fully saturated rings. The van der Waals surface area contributed by atoms with E-state index in [1.165, 1.54) is 4.90 Å². The van der Waals surface area contributed by atoms with Crippen LogP contribution in [0.3, 0.4) is 0 Å². The van der Waals surface area contributed by atoms with Crippen molar-refractivity contribution in [2.45, 2.75) is 0 Å². The lowest BCUT2D eigenvalue weighted by molar-refractivity contribution is 0.0827. The summed E-state index contributed by atoms with van der Waals surface area (Å²) in [6.45, 7) is 0. The Bertz CT molecular complexity index is 318. The van der Waals surface area contributed by atoms with Gasteiger partial charge in [-0.05, 0) is 18.2 Å². The van der Waals surface area contributed by atoms with E-state index in [9.17, 15) is 4.79 Å². The zero-order valence-corrected chi connectivity index (χ0v) is 9.69. The van der Waals surface area contributed by atoms with Crippen LogP contribution in [-0.4, -0.2) is 24.9 Å². The molecule has 0 bridgehead atoms.